The maximum absolute atomic E-state index is 9.50. The van der Waals surface area contributed by atoms with E-state index < -0.39 is 0 Å². The van der Waals surface area contributed by atoms with Crippen molar-refractivity contribution in [3.05, 3.63) is 12.5 Å². The normalized spacial score (nSPS) is 9.86. The highest BCUT2D eigenvalue weighted by atomic mass is 16.5. The molecule has 0 aliphatic carbocycles. The van der Waals surface area contributed by atoms with Gasteiger partial charge in [0.15, 0.2) is 6.26 Å². The van der Waals surface area contributed by atoms with Crippen molar-refractivity contribution in [3.63, 3.8) is 0 Å². The molecule has 0 aromatic rings. The van der Waals surface area contributed by atoms with E-state index in [1.165, 1.54) is 0 Å². The van der Waals surface area contributed by atoms with Crippen LogP contribution in [0.2, 0.25) is 0 Å². The van der Waals surface area contributed by atoms with Crippen LogP contribution in [0.15, 0.2) is 12.5 Å². The first-order valence-electron chi connectivity index (χ1n) is 2.30. The first kappa shape index (κ1) is 6.34. The number of rotatable bonds is 3. The van der Waals surface area contributed by atoms with Crippen molar-refractivity contribution in [2.24, 2.45) is 0 Å². The summed E-state index contributed by atoms with van der Waals surface area (Å²) in [6.45, 7) is 2.62. The predicted octanol–water partition coefficient (Wildman–Crippen LogP) is 1.31. The first-order valence-corrected chi connectivity index (χ1v) is 2.30. The van der Waals surface area contributed by atoms with Crippen LogP contribution >= 0.6 is 0 Å². The van der Waals surface area contributed by atoms with Crippen LogP contribution in [0.4, 0.5) is 0 Å². The molecule has 0 aromatic carbocycles. The molecule has 2 nitrogen and oxygen atoms in total. The van der Waals surface area contributed by atoms with E-state index in [9.17, 15) is 5.11 Å². The van der Waals surface area contributed by atoms with Gasteiger partial charge in [-0.3, -0.25) is 5.11 Å². The molecule has 0 saturated heterocycles. The Hall–Kier alpha value is -0.660. The summed E-state index contributed by atoms with van der Waals surface area (Å²) >= 11 is 0. The SMILES string of the molecule is CCCOC=C[O]. The molecule has 7 heavy (non-hydrogen) atoms. The second-order valence-electron chi connectivity index (χ2n) is 1.14. The van der Waals surface area contributed by atoms with E-state index in [0.717, 1.165) is 12.7 Å². The Morgan fingerprint density at radius 2 is 2.43 bits per heavy atom. The standard InChI is InChI=1S/C5H9O2/c1-2-4-7-5-3-6/h3,5H,2,4H2,1H3. The molecule has 0 bridgehead atoms. The quantitative estimate of drug-likeness (QED) is 0.389. The van der Waals surface area contributed by atoms with Crippen molar-refractivity contribution in [3.8, 4) is 0 Å². The lowest BCUT2D eigenvalue weighted by atomic mass is 10.5. The third-order valence-corrected chi connectivity index (χ3v) is 0.474. The topological polar surface area (TPSA) is 29.1 Å². The fourth-order valence-electron chi connectivity index (χ4n) is 0.225. The molecule has 0 heterocycles. The summed E-state index contributed by atoms with van der Waals surface area (Å²) in [5.74, 6) is 0. The molecule has 0 unspecified atom stereocenters. The fourth-order valence-corrected chi connectivity index (χ4v) is 0.225. The molecule has 0 spiro atoms. The molecule has 2 heteroatoms. The van der Waals surface area contributed by atoms with Crippen LogP contribution in [-0.4, -0.2) is 6.61 Å². The van der Waals surface area contributed by atoms with Gasteiger partial charge in [-0.25, -0.2) is 0 Å². The molecule has 0 aromatic heterocycles. The van der Waals surface area contributed by atoms with Gasteiger partial charge in [0.05, 0.1) is 6.61 Å². The number of ether oxygens (including phenoxy) is 1. The molecule has 0 aliphatic rings. The molecule has 0 N–H and O–H groups in total. The Balaban J connectivity index is 2.69. The van der Waals surface area contributed by atoms with Gasteiger partial charge in [-0.1, -0.05) is 6.92 Å². The largest absolute Gasteiger partial charge is 0.498 e. The summed E-state index contributed by atoms with van der Waals surface area (Å²) in [5.41, 5.74) is 0. The van der Waals surface area contributed by atoms with Crippen LogP contribution in [-0.2, 0) is 9.84 Å². The van der Waals surface area contributed by atoms with Crippen molar-refractivity contribution in [2.45, 2.75) is 13.3 Å². The van der Waals surface area contributed by atoms with Crippen molar-refractivity contribution in [2.75, 3.05) is 6.61 Å². The minimum atomic E-state index is 0.635. The summed E-state index contributed by atoms with van der Waals surface area (Å²) < 4.78 is 4.64. The molecule has 0 aliphatic heterocycles. The van der Waals surface area contributed by atoms with E-state index in [-0.39, 0.29) is 0 Å². The molecule has 1 radical (unpaired) electrons. The number of hydrogen-bond acceptors (Lipinski definition) is 1. The van der Waals surface area contributed by atoms with Gasteiger partial charge in [-0.05, 0) is 6.42 Å². The molecule has 0 rings (SSSR count). The van der Waals surface area contributed by atoms with E-state index in [1.54, 1.807) is 0 Å². The maximum Gasteiger partial charge on any atom is 0.177 e. The van der Waals surface area contributed by atoms with Crippen LogP contribution in [0.5, 0.6) is 0 Å². The molecule has 0 fully saturated rings. The van der Waals surface area contributed by atoms with Gasteiger partial charge in [0, 0.05) is 0 Å². The van der Waals surface area contributed by atoms with E-state index in [1.807, 2.05) is 6.92 Å². The second kappa shape index (κ2) is 5.34. The Labute approximate surface area is 43.4 Å². The molecule has 41 valence electrons. The lowest BCUT2D eigenvalue weighted by Gasteiger charge is -1.90. The zero-order chi connectivity index (χ0) is 5.54. The van der Waals surface area contributed by atoms with Crippen LogP contribution in [0.1, 0.15) is 13.3 Å². The monoisotopic (exact) mass is 101 g/mol. The average molecular weight is 101 g/mol. The van der Waals surface area contributed by atoms with Crippen molar-refractivity contribution >= 4 is 0 Å². The van der Waals surface area contributed by atoms with E-state index in [2.05, 4.69) is 4.74 Å². The second-order valence-corrected chi connectivity index (χ2v) is 1.14. The molecular weight excluding hydrogens is 92.1 g/mol. The van der Waals surface area contributed by atoms with Gasteiger partial charge in [-0.2, -0.15) is 0 Å². The summed E-state index contributed by atoms with van der Waals surface area (Å²) in [4.78, 5) is 0. The Kier molecular flexibility index (Phi) is 4.84. The Bertz CT molecular complexity index is 50.0. The predicted molar refractivity (Wildman–Crippen MR) is 26.1 cm³/mol. The van der Waals surface area contributed by atoms with Crippen LogP contribution in [0.25, 0.3) is 0 Å². The zero-order valence-corrected chi connectivity index (χ0v) is 4.39. The molecule has 0 atom stereocenters. The van der Waals surface area contributed by atoms with Crippen LogP contribution in [0.3, 0.4) is 0 Å². The third kappa shape index (κ3) is 5.34. The highest BCUT2D eigenvalue weighted by molar-refractivity contribution is 4.55. The van der Waals surface area contributed by atoms with E-state index in [4.69, 9.17) is 0 Å². The van der Waals surface area contributed by atoms with Gasteiger partial charge >= 0.3 is 0 Å². The summed E-state index contributed by atoms with van der Waals surface area (Å²) in [6.07, 6.45) is 2.74. The van der Waals surface area contributed by atoms with Crippen LogP contribution in [0, 0.1) is 0 Å². The van der Waals surface area contributed by atoms with Gasteiger partial charge in [0.2, 0.25) is 0 Å². The third-order valence-electron chi connectivity index (χ3n) is 0.474. The minimum Gasteiger partial charge on any atom is -0.498 e. The molecular formula is C5H9O2. The van der Waals surface area contributed by atoms with Gasteiger partial charge in [0.1, 0.15) is 6.26 Å². The average Bonchev–Trinajstić information content (AvgIpc) is 1.69. The van der Waals surface area contributed by atoms with Crippen molar-refractivity contribution < 1.29 is 9.84 Å². The summed E-state index contributed by atoms with van der Waals surface area (Å²) in [7, 11) is 0. The van der Waals surface area contributed by atoms with Gasteiger partial charge in [0.25, 0.3) is 0 Å². The first-order chi connectivity index (χ1) is 3.41. The van der Waals surface area contributed by atoms with E-state index in [0.29, 0.717) is 12.9 Å². The Morgan fingerprint density at radius 1 is 1.71 bits per heavy atom. The minimum absolute atomic E-state index is 0.635. The van der Waals surface area contributed by atoms with Gasteiger partial charge in [-0.15, -0.1) is 0 Å². The van der Waals surface area contributed by atoms with Gasteiger partial charge < -0.3 is 4.74 Å². The fraction of sp³-hybridized carbons (Fsp3) is 0.600. The molecule has 0 amide bonds. The highest BCUT2D eigenvalue weighted by Gasteiger charge is 1.71. The lowest BCUT2D eigenvalue weighted by Crippen LogP contribution is -1.80. The van der Waals surface area contributed by atoms with E-state index >= 15 is 0 Å². The highest BCUT2D eigenvalue weighted by Crippen LogP contribution is 1.78. The maximum atomic E-state index is 9.50. The number of hydrogen-bond donors (Lipinski definition) is 0. The van der Waals surface area contributed by atoms with Crippen molar-refractivity contribution in [1.82, 2.24) is 0 Å². The zero-order valence-electron chi connectivity index (χ0n) is 4.39. The summed E-state index contributed by atoms with van der Waals surface area (Å²) in [5, 5.41) is 9.50. The molecule has 0 saturated carbocycles. The Morgan fingerprint density at radius 3 is 2.86 bits per heavy atom. The summed E-state index contributed by atoms with van der Waals surface area (Å²) in [6, 6.07) is 0. The van der Waals surface area contributed by atoms with Crippen LogP contribution < -0.4 is 0 Å². The van der Waals surface area contributed by atoms with Crippen molar-refractivity contribution in [1.29, 1.82) is 0 Å². The lowest BCUT2D eigenvalue weighted by molar-refractivity contribution is 0.228. The smallest absolute Gasteiger partial charge is 0.177 e.